The predicted molar refractivity (Wildman–Crippen MR) is 119 cm³/mol. The average Bonchev–Trinajstić information content (AvgIpc) is 2.74. The topological polar surface area (TPSA) is 96.5 Å². The maximum absolute atomic E-state index is 10.8. The lowest BCUT2D eigenvalue weighted by atomic mass is 9.95. The van der Waals surface area contributed by atoms with Crippen molar-refractivity contribution in [2.45, 2.75) is 12.8 Å². The molecule has 0 spiro atoms. The van der Waals surface area contributed by atoms with E-state index in [1.54, 1.807) is 24.7 Å². The van der Waals surface area contributed by atoms with Crippen molar-refractivity contribution >= 4 is 12.2 Å². The summed E-state index contributed by atoms with van der Waals surface area (Å²) < 4.78 is 0. The SMILES string of the molecule is C=CCC/C(=C/NC=O)N=C(c1ccc(-c2ncccn2)cc1)N1CC(C(=C)N)C1. The average molecular weight is 403 g/mol. The van der Waals surface area contributed by atoms with Gasteiger partial charge < -0.3 is 16.0 Å². The van der Waals surface area contributed by atoms with Gasteiger partial charge in [-0.2, -0.15) is 0 Å². The molecule has 0 aliphatic carbocycles. The number of hydrogen-bond acceptors (Lipinski definition) is 5. The maximum atomic E-state index is 10.8. The molecule has 0 atom stereocenters. The second kappa shape index (κ2) is 10.2. The minimum atomic E-state index is 0.251. The van der Waals surface area contributed by atoms with E-state index < -0.39 is 0 Å². The lowest BCUT2D eigenvalue weighted by Gasteiger charge is -2.41. The Bertz CT molecular complexity index is 943. The predicted octanol–water partition coefficient (Wildman–Crippen LogP) is 2.85. The molecule has 2 aromatic rings. The van der Waals surface area contributed by atoms with Gasteiger partial charge in [0.2, 0.25) is 6.41 Å². The van der Waals surface area contributed by atoms with Crippen molar-refractivity contribution in [1.82, 2.24) is 20.2 Å². The molecule has 1 saturated heterocycles. The summed E-state index contributed by atoms with van der Waals surface area (Å²) in [5.74, 6) is 1.75. The number of nitrogens with one attached hydrogen (secondary N) is 1. The van der Waals surface area contributed by atoms with Gasteiger partial charge in [-0.15, -0.1) is 6.58 Å². The highest BCUT2D eigenvalue weighted by Gasteiger charge is 2.31. The summed E-state index contributed by atoms with van der Waals surface area (Å²) in [4.78, 5) is 26.4. The van der Waals surface area contributed by atoms with Crippen LogP contribution in [-0.4, -0.2) is 40.2 Å². The van der Waals surface area contributed by atoms with Crippen molar-refractivity contribution in [3.05, 3.63) is 85.1 Å². The van der Waals surface area contributed by atoms with Gasteiger partial charge in [0, 0.05) is 54.4 Å². The molecule has 0 bridgehead atoms. The summed E-state index contributed by atoms with van der Waals surface area (Å²) in [6.07, 6.45) is 8.97. The van der Waals surface area contributed by atoms with E-state index in [-0.39, 0.29) is 5.92 Å². The normalized spacial score (nSPS) is 14.7. The van der Waals surface area contributed by atoms with E-state index in [1.165, 1.54) is 0 Å². The van der Waals surface area contributed by atoms with E-state index in [4.69, 9.17) is 10.7 Å². The first-order valence-corrected chi connectivity index (χ1v) is 9.77. The van der Waals surface area contributed by atoms with Gasteiger partial charge in [0.15, 0.2) is 5.82 Å². The molecule has 1 amide bonds. The molecule has 0 radical (unpaired) electrons. The molecule has 7 nitrogen and oxygen atoms in total. The van der Waals surface area contributed by atoms with Crippen LogP contribution in [0.4, 0.5) is 0 Å². The fraction of sp³-hybridized carbons (Fsp3) is 0.217. The fourth-order valence-electron chi connectivity index (χ4n) is 3.10. The van der Waals surface area contributed by atoms with Crippen LogP contribution in [0.2, 0.25) is 0 Å². The monoisotopic (exact) mass is 402 g/mol. The lowest BCUT2D eigenvalue weighted by Crippen LogP contribution is -2.51. The van der Waals surface area contributed by atoms with Gasteiger partial charge in [0.1, 0.15) is 5.84 Å². The molecule has 0 unspecified atom stereocenters. The third-order valence-electron chi connectivity index (χ3n) is 4.84. The number of amides is 1. The van der Waals surface area contributed by atoms with E-state index >= 15 is 0 Å². The molecular weight excluding hydrogens is 376 g/mol. The number of carbonyl (C=O) groups excluding carboxylic acids is 1. The Morgan fingerprint density at radius 1 is 1.27 bits per heavy atom. The van der Waals surface area contributed by atoms with E-state index in [9.17, 15) is 4.79 Å². The first-order valence-electron chi connectivity index (χ1n) is 9.77. The van der Waals surface area contributed by atoms with Crippen LogP contribution in [0.15, 0.2) is 84.5 Å². The molecule has 2 heterocycles. The van der Waals surface area contributed by atoms with Crippen LogP contribution < -0.4 is 11.1 Å². The van der Waals surface area contributed by atoms with Gasteiger partial charge in [0.05, 0.1) is 5.70 Å². The first-order chi connectivity index (χ1) is 14.6. The second-order valence-corrected chi connectivity index (χ2v) is 7.01. The number of amidine groups is 1. The van der Waals surface area contributed by atoms with Crippen LogP contribution in [-0.2, 0) is 4.79 Å². The fourth-order valence-corrected chi connectivity index (χ4v) is 3.10. The van der Waals surface area contributed by atoms with E-state index in [0.29, 0.717) is 24.4 Å². The van der Waals surface area contributed by atoms with Crippen LogP contribution in [0.25, 0.3) is 11.4 Å². The number of allylic oxidation sites excluding steroid dienone is 2. The quantitative estimate of drug-likeness (QED) is 0.291. The van der Waals surface area contributed by atoms with Crippen molar-refractivity contribution in [3.63, 3.8) is 0 Å². The van der Waals surface area contributed by atoms with Crippen molar-refractivity contribution in [3.8, 4) is 11.4 Å². The van der Waals surface area contributed by atoms with Crippen LogP contribution in [0.5, 0.6) is 0 Å². The Morgan fingerprint density at radius 3 is 2.57 bits per heavy atom. The number of nitrogens with zero attached hydrogens (tertiary/aromatic N) is 4. The summed E-state index contributed by atoms with van der Waals surface area (Å²) in [6.45, 7) is 9.14. The van der Waals surface area contributed by atoms with Crippen LogP contribution in [0, 0.1) is 5.92 Å². The van der Waals surface area contributed by atoms with Crippen molar-refractivity contribution < 1.29 is 4.79 Å². The molecule has 1 aliphatic rings. The molecule has 3 N–H and O–H groups in total. The standard InChI is InChI=1S/C23H26N6O/c1-3-4-6-21(13-25-16-30)28-23(29-14-20(15-29)17(2)24)19-9-7-18(8-10-19)22-26-11-5-12-27-22/h3,5,7-13,16,20H,1-2,4,6,14-15,24H2,(H,25,30)/b21-13-,28-23?. The van der Waals surface area contributed by atoms with Gasteiger partial charge in [-0.1, -0.05) is 36.9 Å². The maximum Gasteiger partial charge on any atom is 0.211 e. The van der Waals surface area contributed by atoms with Crippen molar-refractivity contribution in [1.29, 1.82) is 0 Å². The van der Waals surface area contributed by atoms with E-state index in [1.807, 2.05) is 30.3 Å². The van der Waals surface area contributed by atoms with Gasteiger partial charge in [-0.25, -0.2) is 15.0 Å². The molecular formula is C23H26N6O. The minimum absolute atomic E-state index is 0.251. The zero-order valence-electron chi connectivity index (χ0n) is 16.9. The molecule has 0 saturated carbocycles. The third kappa shape index (κ3) is 5.20. The Hall–Kier alpha value is -3.74. The zero-order chi connectivity index (χ0) is 21.3. The van der Waals surface area contributed by atoms with Crippen LogP contribution >= 0.6 is 0 Å². The highest BCUT2D eigenvalue weighted by molar-refractivity contribution is 6.00. The highest BCUT2D eigenvalue weighted by atomic mass is 16.1. The lowest BCUT2D eigenvalue weighted by molar-refractivity contribution is -0.108. The van der Waals surface area contributed by atoms with Crippen molar-refractivity contribution in [2.24, 2.45) is 16.6 Å². The number of carbonyl (C=O) groups is 1. The summed E-state index contributed by atoms with van der Waals surface area (Å²) >= 11 is 0. The molecule has 7 heteroatoms. The Balaban J connectivity index is 1.91. The van der Waals surface area contributed by atoms with E-state index in [0.717, 1.165) is 42.2 Å². The summed E-state index contributed by atoms with van der Waals surface area (Å²) in [7, 11) is 0. The van der Waals surface area contributed by atoms with Crippen LogP contribution in [0.3, 0.4) is 0 Å². The molecule has 1 aromatic heterocycles. The van der Waals surface area contributed by atoms with Crippen molar-refractivity contribution in [2.75, 3.05) is 13.1 Å². The van der Waals surface area contributed by atoms with Gasteiger partial charge in [-0.3, -0.25) is 4.79 Å². The summed E-state index contributed by atoms with van der Waals surface area (Å²) in [6, 6.07) is 9.77. The Kier molecular flexibility index (Phi) is 7.10. The minimum Gasteiger partial charge on any atom is -0.402 e. The molecule has 154 valence electrons. The van der Waals surface area contributed by atoms with Gasteiger partial charge in [0.25, 0.3) is 0 Å². The Labute approximate surface area is 176 Å². The number of aromatic nitrogens is 2. The third-order valence-corrected chi connectivity index (χ3v) is 4.84. The van der Waals surface area contributed by atoms with Gasteiger partial charge >= 0.3 is 0 Å². The smallest absolute Gasteiger partial charge is 0.211 e. The molecule has 30 heavy (non-hydrogen) atoms. The Morgan fingerprint density at radius 2 is 1.97 bits per heavy atom. The highest BCUT2D eigenvalue weighted by Crippen LogP contribution is 2.25. The number of nitrogens with two attached hydrogens (primary N) is 1. The molecule has 1 fully saturated rings. The van der Waals surface area contributed by atoms with E-state index in [2.05, 4.69) is 33.3 Å². The number of rotatable bonds is 9. The van der Waals surface area contributed by atoms with Gasteiger partial charge in [-0.05, 0) is 18.9 Å². The largest absolute Gasteiger partial charge is 0.402 e. The molecule has 1 aromatic carbocycles. The molecule has 1 aliphatic heterocycles. The number of likely N-dealkylation sites (tertiary alicyclic amines) is 1. The summed E-state index contributed by atoms with van der Waals surface area (Å²) in [5, 5.41) is 2.59. The zero-order valence-corrected chi connectivity index (χ0v) is 16.9. The number of hydrogen-bond donors (Lipinski definition) is 2. The van der Waals surface area contributed by atoms with Crippen LogP contribution in [0.1, 0.15) is 18.4 Å². The number of benzene rings is 1. The summed E-state index contributed by atoms with van der Waals surface area (Å²) in [5.41, 5.74) is 9.22. The second-order valence-electron chi connectivity index (χ2n) is 7.01. The molecule has 3 rings (SSSR count). The number of aliphatic imine (C=N–C) groups is 1. The first kappa shape index (κ1) is 21.0.